The number of aromatic nitrogens is 2. The summed E-state index contributed by atoms with van der Waals surface area (Å²) in [4.78, 5) is 15.7. The van der Waals surface area contributed by atoms with E-state index in [1.165, 1.54) is 10.9 Å². The summed E-state index contributed by atoms with van der Waals surface area (Å²) in [5.74, 6) is -0.232. The Morgan fingerprint density at radius 2 is 2.10 bits per heavy atom. The Morgan fingerprint density at radius 3 is 2.76 bits per heavy atom. The van der Waals surface area contributed by atoms with Crippen LogP contribution in [0.4, 0.5) is 11.4 Å². The number of carbonyl (C=O) groups excluding carboxylic acids is 1. The number of amides is 1. The van der Waals surface area contributed by atoms with Gasteiger partial charge < -0.3 is 15.6 Å². The largest absolute Gasteiger partial charge is 0.397 e. The number of hydrogen-bond acceptors (Lipinski definition) is 5. The molecule has 0 unspecified atom stereocenters. The number of para-hydroxylation sites is 2. The maximum Gasteiger partial charge on any atom is 0.226 e. The Balaban J connectivity index is 2.00. The van der Waals surface area contributed by atoms with E-state index in [0.29, 0.717) is 11.4 Å². The molecule has 0 saturated carbocycles. The molecule has 2 aromatic rings. The van der Waals surface area contributed by atoms with Crippen LogP contribution in [0.15, 0.2) is 30.6 Å². The molecule has 1 heterocycles. The zero-order chi connectivity index (χ0) is 15.2. The molecule has 0 aliphatic carbocycles. The normalized spacial score (nSPS) is 9.62. The van der Waals surface area contributed by atoms with Crippen LogP contribution in [0, 0.1) is 22.7 Å². The first kappa shape index (κ1) is 14.1. The van der Waals surface area contributed by atoms with Crippen molar-refractivity contribution in [3.8, 4) is 12.1 Å². The fraction of sp³-hybridized carbons (Fsp3) is 0.143. The molecule has 2 rings (SSSR count). The molecule has 104 valence electrons. The van der Waals surface area contributed by atoms with E-state index in [9.17, 15) is 4.79 Å². The Kier molecular flexibility index (Phi) is 4.17. The van der Waals surface area contributed by atoms with Gasteiger partial charge in [-0.2, -0.15) is 10.5 Å². The van der Waals surface area contributed by atoms with Gasteiger partial charge in [0.1, 0.15) is 12.1 Å². The second-order valence-electron chi connectivity index (χ2n) is 4.24. The molecule has 7 heteroatoms. The van der Waals surface area contributed by atoms with Crippen molar-refractivity contribution in [1.82, 2.24) is 9.55 Å². The second-order valence-corrected chi connectivity index (χ2v) is 4.24. The summed E-state index contributed by atoms with van der Waals surface area (Å²) >= 11 is 0. The van der Waals surface area contributed by atoms with Crippen LogP contribution in [0.3, 0.4) is 0 Å². The van der Waals surface area contributed by atoms with Crippen LogP contribution in [0.2, 0.25) is 0 Å². The monoisotopic (exact) mass is 280 g/mol. The summed E-state index contributed by atoms with van der Waals surface area (Å²) in [5, 5.41) is 20.5. The Hall–Kier alpha value is -3.32. The Morgan fingerprint density at radius 1 is 1.33 bits per heavy atom. The number of nitrogens with two attached hydrogens (primary N) is 1. The third-order valence-electron chi connectivity index (χ3n) is 2.86. The predicted octanol–water partition coefficient (Wildman–Crippen LogP) is 1.24. The minimum Gasteiger partial charge on any atom is -0.397 e. The van der Waals surface area contributed by atoms with Gasteiger partial charge in [0.05, 0.1) is 17.7 Å². The smallest absolute Gasteiger partial charge is 0.226 e. The number of imidazole rings is 1. The van der Waals surface area contributed by atoms with Crippen molar-refractivity contribution >= 4 is 17.3 Å². The van der Waals surface area contributed by atoms with Crippen molar-refractivity contribution in [2.24, 2.45) is 0 Å². The van der Waals surface area contributed by atoms with E-state index in [4.69, 9.17) is 16.3 Å². The summed E-state index contributed by atoms with van der Waals surface area (Å²) in [6.07, 6.45) is 1.52. The van der Waals surface area contributed by atoms with Crippen LogP contribution in [0.5, 0.6) is 0 Å². The molecule has 0 spiro atoms. The summed E-state index contributed by atoms with van der Waals surface area (Å²) in [6, 6.07) is 10.7. The Bertz CT molecular complexity index is 750. The van der Waals surface area contributed by atoms with Crippen molar-refractivity contribution in [2.45, 2.75) is 13.0 Å². The predicted molar refractivity (Wildman–Crippen MR) is 75.8 cm³/mol. The van der Waals surface area contributed by atoms with Gasteiger partial charge >= 0.3 is 0 Å². The number of carbonyl (C=O) groups is 1. The highest BCUT2D eigenvalue weighted by atomic mass is 16.1. The number of rotatable bonds is 4. The van der Waals surface area contributed by atoms with Gasteiger partial charge in [-0.05, 0) is 12.1 Å². The third-order valence-corrected chi connectivity index (χ3v) is 2.86. The Labute approximate surface area is 121 Å². The molecule has 21 heavy (non-hydrogen) atoms. The van der Waals surface area contributed by atoms with E-state index in [1.54, 1.807) is 24.3 Å². The lowest BCUT2D eigenvalue weighted by atomic mass is 10.2. The zero-order valence-electron chi connectivity index (χ0n) is 11.1. The lowest BCUT2D eigenvalue weighted by molar-refractivity contribution is -0.116. The molecule has 7 nitrogen and oxygen atoms in total. The van der Waals surface area contributed by atoms with Crippen molar-refractivity contribution in [3.05, 3.63) is 42.0 Å². The molecule has 1 amide bonds. The van der Waals surface area contributed by atoms with E-state index in [-0.39, 0.29) is 30.3 Å². The topological polar surface area (TPSA) is 121 Å². The van der Waals surface area contributed by atoms with Crippen LogP contribution in [0.25, 0.3) is 0 Å². The highest BCUT2D eigenvalue weighted by Gasteiger charge is 2.11. The molecule has 0 saturated heterocycles. The van der Waals surface area contributed by atoms with Gasteiger partial charge in [-0.1, -0.05) is 12.1 Å². The van der Waals surface area contributed by atoms with E-state index >= 15 is 0 Å². The van der Waals surface area contributed by atoms with Crippen LogP contribution in [-0.2, 0) is 11.3 Å². The molecule has 0 radical (unpaired) electrons. The SMILES string of the molecule is N#Cc1ncn(CCC(=O)Nc2ccccc2N)c1C#N. The number of hydrogen-bond donors (Lipinski definition) is 2. The maximum atomic E-state index is 11.9. The van der Waals surface area contributed by atoms with Crippen molar-refractivity contribution in [3.63, 3.8) is 0 Å². The van der Waals surface area contributed by atoms with E-state index in [2.05, 4.69) is 10.3 Å². The van der Waals surface area contributed by atoms with Crippen molar-refractivity contribution < 1.29 is 4.79 Å². The fourth-order valence-corrected chi connectivity index (χ4v) is 1.80. The standard InChI is InChI=1S/C14H12N6O/c15-7-12-13(8-16)20(9-18-12)6-5-14(21)19-11-4-2-1-3-10(11)17/h1-4,9H,5-6,17H2,(H,19,21). The van der Waals surface area contributed by atoms with E-state index in [1.807, 2.05) is 12.1 Å². The minimum atomic E-state index is -0.232. The molecule has 0 bridgehead atoms. The number of benzene rings is 1. The van der Waals surface area contributed by atoms with Crippen LogP contribution in [0.1, 0.15) is 17.8 Å². The molecule has 1 aromatic carbocycles. The molecule has 3 N–H and O–H groups in total. The van der Waals surface area contributed by atoms with Crippen LogP contribution >= 0.6 is 0 Å². The lowest BCUT2D eigenvalue weighted by Crippen LogP contribution is -2.15. The van der Waals surface area contributed by atoms with E-state index < -0.39 is 0 Å². The number of nitrogens with one attached hydrogen (secondary N) is 1. The average molecular weight is 280 g/mol. The third kappa shape index (κ3) is 3.17. The molecule has 0 fully saturated rings. The minimum absolute atomic E-state index is 0.0604. The lowest BCUT2D eigenvalue weighted by Gasteiger charge is -2.08. The van der Waals surface area contributed by atoms with Gasteiger partial charge in [0.2, 0.25) is 5.91 Å². The number of anilines is 2. The first-order valence-corrected chi connectivity index (χ1v) is 6.15. The molecular formula is C14H12N6O. The summed E-state index contributed by atoms with van der Waals surface area (Å²) < 4.78 is 1.48. The zero-order valence-corrected chi connectivity index (χ0v) is 11.1. The highest BCUT2D eigenvalue weighted by molar-refractivity contribution is 5.93. The molecule has 0 atom stereocenters. The van der Waals surface area contributed by atoms with E-state index in [0.717, 1.165) is 0 Å². The van der Waals surface area contributed by atoms with Crippen molar-refractivity contribution in [1.29, 1.82) is 10.5 Å². The fourth-order valence-electron chi connectivity index (χ4n) is 1.80. The van der Waals surface area contributed by atoms with Gasteiger partial charge in [-0.15, -0.1) is 0 Å². The van der Waals surface area contributed by atoms with Crippen LogP contribution < -0.4 is 11.1 Å². The first-order chi connectivity index (χ1) is 10.2. The van der Waals surface area contributed by atoms with Gasteiger partial charge in [0.15, 0.2) is 11.4 Å². The van der Waals surface area contributed by atoms with Gasteiger partial charge in [-0.3, -0.25) is 4.79 Å². The maximum absolute atomic E-state index is 11.9. The van der Waals surface area contributed by atoms with Gasteiger partial charge in [-0.25, -0.2) is 4.98 Å². The van der Waals surface area contributed by atoms with Crippen LogP contribution in [-0.4, -0.2) is 15.5 Å². The second kappa shape index (κ2) is 6.22. The molecular weight excluding hydrogens is 268 g/mol. The number of nitrogen functional groups attached to an aromatic ring is 1. The summed E-state index contributed by atoms with van der Waals surface area (Å²) in [7, 11) is 0. The molecule has 1 aromatic heterocycles. The number of nitrogens with zero attached hydrogens (tertiary/aromatic N) is 4. The summed E-state index contributed by atoms with van der Waals surface area (Å²) in [6.45, 7) is 0.260. The summed E-state index contributed by atoms with van der Waals surface area (Å²) in [5.41, 5.74) is 6.98. The van der Waals surface area contributed by atoms with Gasteiger partial charge in [0, 0.05) is 13.0 Å². The average Bonchev–Trinajstić information content (AvgIpc) is 2.89. The number of aryl methyl sites for hydroxylation is 1. The quantitative estimate of drug-likeness (QED) is 0.816. The molecule has 0 aliphatic rings. The number of nitriles is 2. The molecule has 0 aliphatic heterocycles. The van der Waals surface area contributed by atoms with Crippen molar-refractivity contribution in [2.75, 3.05) is 11.1 Å². The first-order valence-electron chi connectivity index (χ1n) is 6.15. The highest BCUT2D eigenvalue weighted by Crippen LogP contribution is 2.17. The van der Waals surface area contributed by atoms with Gasteiger partial charge in [0.25, 0.3) is 0 Å².